The highest BCUT2D eigenvalue weighted by Crippen LogP contribution is 2.30. The van der Waals surface area contributed by atoms with Crippen LogP contribution in [0.25, 0.3) is 11.3 Å². The van der Waals surface area contributed by atoms with Crippen LogP contribution in [0, 0.1) is 13.8 Å². The second kappa shape index (κ2) is 4.66. The summed E-state index contributed by atoms with van der Waals surface area (Å²) in [6.45, 7) is 7.22. The fourth-order valence-electron chi connectivity index (χ4n) is 1.60. The van der Waals surface area contributed by atoms with Crippen molar-refractivity contribution in [1.82, 2.24) is 4.98 Å². The lowest BCUT2D eigenvalue weighted by molar-refractivity contribution is 1.19. The van der Waals surface area contributed by atoms with Crippen molar-refractivity contribution in [3.8, 4) is 11.3 Å². The number of rotatable bonds is 3. The second-order valence-electron chi connectivity index (χ2n) is 3.82. The number of nitrogens with zero attached hydrogens (tertiary/aromatic N) is 1. The highest BCUT2D eigenvalue weighted by atomic mass is 32.1. The molecule has 2 nitrogen and oxygen atoms in total. The van der Waals surface area contributed by atoms with Crippen LogP contribution in [0.1, 0.15) is 17.4 Å². The second-order valence-corrected chi connectivity index (χ2v) is 5.02. The number of hydrogen-bond donors (Lipinski definition) is 1. The van der Waals surface area contributed by atoms with E-state index in [9.17, 15) is 0 Å². The van der Waals surface area contributed by atoms with Crippen LogP contribution in [0.5, 0.6) is 0 Å². The van der Waals surface area contributed by atoms with E-state index in [0.717, 1.165) is 17.4 Å². The molecular formula is C13H16N2S. The Bertz CT molecular complexity index is 471. The highest BCUT2D eigenvalue weighted by Gasteiger charge is 2.08. The number of thiazole rings is 1. The minimum atomic E-state index is 0.917. The molecule has 0 aliphatic rings. The average Bonchev–Trinajstić information content (AvgIpc) is 2.61. The zero-order chi connectivity index (χ0) is 11.5. The van der Waals surface area contributed by atoms with Crippen LogP contribution < -0.4 is 5.32 Å². The SMILES string of the molecule is CCNc1nc(-c2ccc(C)cc2)c(C)s1. The monoisotopic (exact) mass is 232 g/mol. The molecule has 3 heteroatoms. The third kappa shape index (κ3) is 2.25. The lowest BCUT2D eigenvalue weighted by Crippen LogP contribution is -1.94. The van der Waals surface area contributed by atoms with E-state index in [4.69, 9.17) is 0 Å². The molecule has 2 aromatic rings. The fourth-order valence-corrected chi connectivity index (χ4v) is 2.51. The molecule has 1 aromatic carbocycles. The van der Waals surface area contributed by atoms with E-state index in [-0.39, 0.29) is 0 Å². The molecule has 0 aliphatic carbocycles. The van der Waals surface area contributed by atoms with Crippen LogP contribution in [0.4, 0.5) is 5.13 Å². The average molecular weight is 232 g/mol. The Morgan fingerprint density at radius 2 is 1.88 bits per heavy atom. The molecule has 0 radical (unpaired) electrons. The summed E-state index contributed by atoms with van der Waals surface area (Å²) >= 11 is 1.72. The van der Waals surface area contributed by atoms with Gasteiger partial charge in [-0.3, -0.25) is 0 Å². The lowest BCUT2D eigenvalue weighted by Gasteiger charge is -1.99. The predicted octanol–water partition coefficient (Wildman–Crippen LogP) is 3.86. The molecule has 0 atom stereocenters. The maximum absolute atomic E-state index is 4.61. The van der Waals surface area contributed by atoms with E-state index < -0.39 is 0 Å². The van der Waals surface area contributed by atoms with Gasteiger partial charge in [0, 0.05) is 17.0 Å². The maximum Gasteiger partial charge on any atom is 0.183 e. The van der Waals surface area contributed by atoms with Crippen LogP contribution in [0.15, 0.2) is 24.3 Å². The van der Waals surface area contributed by atoms with Crippen LogP contribution in [0.2, 0.25) is 0 Å². The molecule has 1 N–H and O–H groups in total. The molecule has 16 heavy (non-hydrogen) atoms. The third-order valence-corrected chi connectivity index (χ3v) is 3.38. The van der Waals surface area contributed by atoms with Crippen molar-refractivity contribution in [2.24, 2.45) is 0 Å². The number of aromatic nitrogens is 1. The van der Waals surface area contributed by atoms with Crippen LogP contribution in [-0.4, -0.2) is 11.5 Å². The number of hydrogen-bond acceptors (Lipinski definition) is 3. The quantitative estimate of drug-likeness (QED) is 0.869. The van der Waals surface area contributed by atoms with Gasteiger partial charge in [0.2, 0.25) is 0 Å². The van der Waals surface area contributed by atoms with Gasteiger partial charge in [-0.2, -0.15) is 0 Å². The summed E-state index contributed by atoms with van der Waals surface area (Å²) in [5.41, 5.74) is 3.58. The standard InChI is InChI=1S/C13H16N2S/c1-4-14-13-15-12(10(3)16-13)11-7-5-9(2)6-8-11/h5-8H,4H2,1-3H3,(H,14,15). The summed E-state index contributed by atoms with van der Waals surface area (Å²) in [5.74, 6) is 0. The maximum atomic E-state index is 4.61. The van der Waals surface area contributed by atoms with E-state index >= 15 is 0 Å². The first kappa shape index (κ1) is 11.1. The Balaban J connectivity index is 2.36. The molecule has 0 saturated carbocycles. The summed E-state index contributed by atoms with van der Waals surface area (Å²) in [6.07, 6.45) is 0. The van der Waals surface area contributed by atoms with Gasteiger partial charge < -0.3 is 5.32 Å². The summed E-state index contributed by atoms with van der Waals surface area (Å²) in [6, 6.07) is 8.52. The van der Waals surface area contributed by atoms with Gasteiger partial charge in [0.1, 0.15) is 0 Å². The van der Waals surface area contributed by atoms with Gasteiger partial charge in [0.15, 0.2) is 5.13 Å². The molecule has 1 aromatic heterocycles. The van der Waals surface area contributed by atoms with Gasteiger partial charge in [0.25, 0.3) is 0 Å². The summed E-state index contributed by atoms with van der Waals surface area (Å²) in [5, 5.41) is 4.27. The lowest BCUT2D eigenvalue weighted by atomic mass is 10.1. The van der Waals surface area contributed by atoms with Crippen molar-refractivity contribution in [1.29, 1.82) is 0 Å². The predicted molar refractivity (Wildman–Crippen MR) is 71.2 cm³/mol. The first-order valence-electron chi connectivity index (χ1n) is 5.49. The number of benzene rings is 1. The van der Waals surface area contributed by atoms with Crippen molar-refractivity contribution in [3.63, 3.8) is 0 Å². The van der Waals surface area contributed by atoms with E-state index in [1.165, 1.54) is 16.0 Å². The largest absolute Gasteiger partial charge is 0.362 e. The molecule has 84 valence electrons. The Hall–Kier alpha value is -1.35. The molecule has 0 aliphatic heterocycles. The molecule has 0 spiro atoms. The molecule has 1 heterocycles. The van der Waals surface area contributed by atoms with E-state index in [0.29, 0.717) is 0 Å². The highest BCUT2D eigenvalue weighted by molar-refractivity contribution is 7.16. The van der Waals surface area contributed by atoms with E-state index in [2.05, 4.69) is 55.3 Å². The Kier molecular flexibility index (Phi) is 3.25. The molecule has 0 saturated heterocycles. The zero-order valence-corrected chi connectivity index (χ0v) is 10.7. The van der Waals surface area contributed by atoms with Gasteiger partial charge >= 0.3 is 0 Å². The third-order valence-electron chi connectivity index (χ3n) is 2.45. The van der Waals surface area contributed by atoms with E-state index in [1.54, 1.807) is 11.3 Å². The van der Waals surface area contributed by atoms with Gasteiger partial charge in [0.05, 0.1) is 5.69 Å². The number of anilines is 1. The van der Waals surface area contributed by atoms with Gasteiger partial charge in [-0.1, -0.05) is 29.8 Å². The van der Waals surface area contributed by atoms with Crippen molar-refractivity contribution in [3.05, 3.63) is 34.7 Å². The van der Waals surface area contributed by atoms with Gasteiger partial charge in [-0.15, -0.1) is 11.3 Å². The molecule has 0 fully saturated rings. The Morgan fingerprint density at radius 3 is 2.50 bits per heavy atom. The first-order valence-corrected chi connectivity index (χ1v) is 6.30. The van der Waals surface area contributed by atoms with Crippen molar-refractivity contribution < 1.29 is 0 Å². The molecule has 0 amide bonds. The van der Waals surface area contributed by atoms with Gasteiger partial charge in [-0.25, -0.2) is 4.98 Å². The van der Waals surface area contributed by atoms with Crippen LogP contribution in [-0.2, 0) is 0 Å². The minimum Gasteiger partial charge on any atom is -0.362 e. The normalized spacial score (nSPS) is 10.4. The fraction of sp³-hybridized carbons (Fsp3) is 0.308. The molecule has 2 rings (SSSR count). The summed E-state index contributed by atoms with van der Waals surface area (Å²) < 4.78 is 0. The van der Waals surface area contributed by atoms with Gasteiger partial charge in [-0.05, 0) is 20.8 Å². The zero-order valence-electron chi connectivity index (χ0n) is 9.87. The molecule has 0 unspecified atom stereocenters. The summed E-state index contributed by atoms with van der Waals surface area (Å²) in [4.78, 5) is 5.87. The number of nitrogens with one attached hydrogen (secondary N) is 1. The topological polar surface area (TPSA) is 24.9 Å². The summed E-state index contributed by atoms with van der Waals surface area (Å²) in [7, 11) is 0. The van der Waals surface area contributed by atoms with E-state index in [1.807, 2.05) is 0 Å². The van der Waals surface area contributed by atoms with Crippen LogP contribution in [0.3, 0.4) is 0 Å². The smallest absolute Gasteiger partial charge is 0.183 e. The Morgan fingerprint density at radius 1 is 1.19 bits per heavy atom. The van der Waals surface area contributed by atoms with Crippen LogP contribution >= 0.6 is 11.3 Å². The minimum absolute atomic E-state index is 0.917. The van der Waals surface area contributed by atoms with Crippen molar-refractivity contribution in [2.75, 3.05) is 11.9 Å². The molecule has 0 bridgehead atoms. The Labute approximate surface area is 100 Å². The van der Waals surface area contributed by atoms with Crippen molar-refractivity contribution >= 4 is 16.5 Å². The molecular weight excluding hydrogens is 216 g/mol. The first-order chi connectivity index (χ1) is 7.70. The van der Waals surface area contributed by atoms with Crippen molar-refractivity contribution in [2.45, 2.75) is 20.8 Å². The number of aryl methyl sites for hydroxylation is 2.